The highest BCUT2D eigenvalue weighted by atomic mass is 16.1. The third-order valence-corrected chi connectivity index (χ3v) is 1.52. The Labute approximate surface area is 72.0 Å². The standard InChI is InChI=1S/C11H10O/c1-10(6-5-9-12)11-7-3-2-4-8-11/h2-9H,1H2. The number of aldehydes is 1. The Kier molecular flexibility index (Phi) is 3.03. The van der Waals surface area contributed by atoms with Gasteiger partial charge < -0.3 is 0 Å². The van der Waals surface area contributed by atoms with Crippen molar-refractivity contribution in [1.82, 2.24) is 0 Å². The SMILES string of the molecule is C=C(C=CC=O)c1ccccc1. The minimum Gasteiger partial charge on any atom is -0.299 e. The summed E-state index contributed by atoms with van der Waals surface area (Å²) < 4.78 is 0. The number of carbonyl (C=O) groups excluding carboxylic acids is 1. The maximum atomic E-state index is 10.0. The molecule has 0 saturated heterocycles. The smallest absolute Gasteiger partial charge is 0.142 e. The zero-order valence-electron chi connectivity index (χ0n) is 6.73. The number of hydrogen-bond acceptors (Lipinski definition) is 1. The van der Waals surface area contributed by atoms with Crippen LogP contribution in [0.1, 0.15) is 5.56 Å². The molecule has 0 aliphatic carbocycles. The average Bonchev–Trinajstić information content (AvgIpc) is 2.15. The van der Waals surface area contributed by atoms with Crippen LogP contribution < -0.4 is 0 Å². The molecule has 0 spiro atoms. The molecule has 0 atom stereocenters. The van der Waals surface area contributed by atoms with Crippen molar-refractivity contribution in [1.29, 1.82) is 0 Å². The number of benzene rings is 1. The highest BCUT2D eigenvalue weighted by Gasteiger charge is 1.90. The molecule has 60 valence electrons. The van der Waals surface area contributed by atoms with Crippen molar-refractivity contribution in [3.63, 3.8) is 0 Å². The van der Waals surface area contributed by atoms with Crippen LogP contribution >= 0.6 is 0 Å². The lowest BCUT2D eigenvalue weighted by Crippen LogP contribution is -1.76. The molecule has 0 amide bonds. The van der Waals surface area contributed by atoms with E-state index >= 15 is 0 Å². The van der Waals surface area contributed by atoms with Gasteiger partial charge in [0.1, 0.15) is 6.29 Å². The van der Waals surface area contributed by atoms with Gasteiger partial charge in [-0.25, -0.2) is 0 Å². The summed E-state index contributed by atoms with van der Waals surface area (Å²) in [5, 5.41) is 0. The fourth-order valence-corrected chi connectivity index (χ4v) is 0.904. The zero-order chi connectivity index (χ0) is 8.81. The van der Waals surface area contributed by atoms with Crippen LogP contribution in [0.4, 0.5) is 0 Å². The summed E-state index contributed by atoms with van der Waals surface area (Å²) >= 11 is 0. The van der Waals surface area contributed by atoms with Crippen LogP contribution in [-0.2, 0) is 4.79 Å². The van der Waals surface area contributed by atoms with Crippen LogP contribution in [0.5, 0.6) is 0 Å². The van der Waals surface area contributed by atoms with Crippen molar-refractivity contribution in [3.8, 4) is 0 Å². The summed E-state index contributed by atoms with van der Waals surface area (Å²) in [6, 6.07) is 9.74. The van der Waals surface area contributed by atoms with E-state index in [1.165, 1.54) is 6.08 Å². The van der Waals surface area contributed by atoms with Crippen LogP contribution in [-0.4, -0.2) is 6.29 Å². The number of rotatable bonds is 3. The minimum absolute atomic E-state index is 0.744. The van der Waals surface area contributed by atoms with Crippen LogP contribution in [0.15, 0.2) is 49.1 Å². The van der Waals surface area contributed by atoms with Gasteiger partial charge in [-0.3, -0.25) is 4.79 Å². The Bertz CT molecular complexity index is 296. The normalized spacial score (nSPS) is 10.0. The molecule has 0 aliphatic heterocycles. The van der Waals surface area contributed by atoms with E-state index in [-0.39, 0.29) is 0 Å². The molecule has 1 nitrogen and oxygen atoms in total. The number of carbonyl (C=O) groups is 1. The molecule has 1 aromatic carbocycles. The lowest BCUT2D eigenvalue weighted by atomic mass is 10.1. The first-order valence-corrected chi connectivity index (χ1v) is 3.71. The molecule has 0 saturated carbocycles. The largest absolute Gasteiger partial charge is 0.299 e. The lowest BCUT2D eigenvalue weighted by Gasteiger charge is -1.97. The van der Waals surface area contributed by atoms with Crippen molar-refractivity contribution < 1.29 is 4.79 Å². The van der Waals surface area contributed by atoms with Crippen LogP contribution in [0.25, 0.3) is 5.57 Å². The van der Waals surface area contributed by atoms with Gasteiger partial charge in [0.25, 0.3) is 0 Å². The minimum atomic E-state index is 0.744. The van der Waals surface area contributed by atoms with Gasteiger partial charge in [0.15, 0.2) is 0 Å². The second-order valence-electron chi connectivity index (χ2n) is 2.39. The molecular formula is C11H10O. The Balaban J connectivity index is 2.79. The maximum Gasteiger partial charge on any atom is 0.142 e. The molecule has 0 unspecified atom stereocenters. The van der Waals surface area contributed by atoms with E-state index in [0.717, 1.165) is 17.4 Å². The molecule has 0 aromatic heterocycles. The van der Waals surface area contributed by atoms with E-state index in [9.17, 15) is 4.79 Å². The second kappa shape index (κ2) is 4.29. The highest BCUT2D eigenvalue weighted by Crippen LogP contribution is 2.11. The molecule has 12 heavy (non-hydrogen) atoms. The van der Waals surface area contributed by atoms with Crippen LogP contribution in [0.3, 0.4) is 0 Å². The molecule has 1 heteroatoms. The van der Waals surface area contributed by atoms with Gasteiger partial charge in [-0.05, 0) is 17.2 Å². The fraction of sp³-hybridized carbons (Fsp3) is 0. The predicted molar refractivity (Wildman–Crippen MR) is 50.7 cm³/mol. The van der Waals surface area contributed by atoms with E-state index < -0.39 is 0 Å². The maximum absolute atomic E-state index is 10.0. The topological polar surface area (TPSA) is 17.1 Å². The van der Waals surface area contributed by atoms with Gasteiger partial charge in [0.05, 0.1) is 0 Å². The number of hydrogen-bond donors (Lipinski definition) is 0. The third-order valence-electron chi connectivity index (χ3n) is 1.52. The average molecular weight is 158 g/mol. The zero-order valence-corrected chi connectivity index (χ0v) is 6.73. The molecule has 1 rings (SSSR count). The van der Waals surface area contributed by atoms with Gasteiger partial charge in [0, 0.05) is 0 Å². The highest BCUT2D eigenvalue weighted by molar-refractivity contribution is 5.77. The van der Waals surface area contributed by atoms with Gasteiger partial charge in [-0.15, -0.1) is 0 Å². The summed E-state index contributed by atoms with van der Waals surface area (Å²) in [5.41, 5.74) is 1.89. The Morgan fingerprint density at radius 1 is 1.25 bits per heavy atom. The predicted octanol–water partition coefficient (Wildman–Crippen LogP) is 2.45. The summed E-state index contributed by atoms with van der Waals surface area (Å²) in [5.74, 6) is 0. The van der Waals surface area contributed by atoms with Gasteiger partial charge in [0.2, 0.25) is 0 Å². The van der Waals surface area contributed by atoms with E-state index in [0.29, 0.717) is 0 Å². The molecule has 1 aromatic rings. The Morgan fingerprint density at radius 3 is 2.50 bits per heavy atom. The summed E-state index contributed by atoms with van der Waals surface area (Å²) in [7, 11) is 0. The van der Waals surface area contributed by atoms with Crippen molar-refractivity contribution in [2.45, 2.75) is 0 Å². The van der Waals surface area contributed by atoms with E-state index in [1.807, 2.05) is 30.3 Å². The summed E-state index contributed by atoms with van der Waals surface area (Å²) in [6.45, 7) is 3.82. The van der Waals surface area contributed by atoms with Crippen molar-refractivity contribution in [2.24, 2.45) is 0 Å². The number of allylic oxidation sites excluding steroid dienone is 3. The lowest BCUT2D eigenvalue weighted by molar-refractivity contribution is -0.104. The molecule has 0 fully saturated rings. The van der Waals surface area contributed by atoms with Gasteiger partial charge >= 0.3 is 0 Å². The molecule has 0 N–H and O–H groups in total. The van der Waals surface area contributed by atoms with Crippen molar-refractivity contribution >= 4 is 11.9 Å². The molecule has 0 radical (unpaired) electrons. The summed E-state index contributed by atoms with van der Waals surface area (Å²) in [6.07, 6.45) is 3.88. The van der Waals surface area contributed by atoms with Gasteiger partial charge in [-0.1, -0.05) is 43.0 Å². The molecule has 0 heterocycles. The monoisotopic (exact) mass is 158 g/mol. The first-order valence-electron chi connectivity index (χ1n) is 3.71. The first kappa shape index (κ1) is 8.47. The Morgan fingerprint density at radius 2 is 1.92 bits per heavy atom. The molecule has 0 bridgehead atoms. The van der Waals surface area contributed by atoms with Crippen molar-refractivity contribution in [3.05, 3.63) is 54.6 Å². The van der Waals surface area contributed by atoms with E-state index in [4.69, 9.17) is 0 Å². The summed E-state index contributed by atoms with van der Waals surface area (Å²) in [4.78, 5) is 10.0. The molecular weight excluding hydrogens is 148 g/mol. The fourth-order valence-electron chi connectivity index (χ4n) is 0.904. The quantitative estimate of drug-likeness (QED) is 0.375. The first-order chi connectivity index (χ1) is 5.84. The second-order valence-corrected chi connectivity index (χ2v) is 2.39. The third kappa shape index (κ3) is 2.20. The van der Waals surface area contributed by atoms with Crippen LogP contribution in [0, 0.1) is 0 Å². The Hall–Kier alpha value is -1.63. The van der Waals surface area contributed by atoms with Crippen LogP contribution in [0.2, 0.25) is 0 Å². The molecule has 0 aliphatic rings. The van der Waals surface area contributed by atoms with Gasteiger partial charge in [-0.2, -0.15) is 0 Å². The van der Waals surface area contributed by atoms with Crippen molar-refractivity contribution in [2.75, 3.05) is 0 Å². The van der Waals surface area contributed by atoms with E-state index in [1.54, 1.807) is 6.08 Å². The van der Waals surface area contributed by atoms with E-state index in [2.05, 4.69) is 6.58 Å².